The maximum Gasteiger partial charge on any atom is 0.253 e. The number of anilines is 1. The Morgan fingerprint density at radius 1 is 0.902 bits per heavy atom. The first-order valence-electron chi connectivity index (χ1n) is 14.0. The fraction of sp³-hybridized carbons (Fsp3) is 0.406. The van der Waals surface area contributed by atoms with E-state index in [1.54, 1.807) is 27.5 Å². The van der Waals surface area contributed by atoms with E-state index >= 15 is 0 Å². The van der Waals surface area contributed by atoms with Gasteiger partial charge in [0.25, 0.3) is 11.8 Å². The van der Waals surface area contributed by atoms with E-state index in [4.69, 9.17) is 14.2 Å². The van der Waals surface area contributed by atoms with E-state index in [1.165, 1.54) is 0 Å². The van der Waals surface area contributed by atoms with Crippen molar-refractivity contribution in [1.29, 1.82) is 0 Å². The third kappa shape index (κ3) is 5.80. The molecule has 2 aliphatic rings. The van der Waals surface area contributed by atoms with Gasteiger partial charge in [-0.2, -0.15) is 0 Å². The molecule has 2 saturated heterocycles. The van der Waals surface area contributed by atoms with Crippen molar-refractivity contribution in [2.45, 2.75) is 63.7 Å². The minimum Gasteiger partial charge on any atom is -0.496 e. The second-order valence-electron chi connectivity index (χ2n) is 10.8. The second-order valence-corrected chi connectivity index (χ2v) is 10.8. The van der Waals surface area contributed by atoms with Gasteiger partial charge in [-0.3, -0.25) is 9.59 Å². The Morgan fingerprint density at radius 3 is 2.24 bits per heavy atom. The maximum atomic E-state index is 13.1. The summed E-state index contributed by atoms with van der Waals surface area (Å²) in [5, 5.41) is 6.30. The van der Waals surface area contributed by atoms with Gasteiger partial charge in [0.15, 0.2) is 11.5 Å². The first-order valence-corrected chi connectivity index (χ1v) is 14.0. The van der Waals surface area contributed by atoms with Gasteiger partial charge in [-0.25, -0.2) is 4.98 Å². The number of carbonyl (C=O) groups is 2. The third-order valence-corrected chi connectivity index (χ3v) is 8.35. The smallest absolute Gasteiger partial charge is 0.253 e. The predicted molar refractivity (Wildman–Crippen MR) is 157 cm³/mol. The van der Waals surface area contributed by atoms with Crippen LogP contribution < -0.4 is 29.7 Å². The van der Waals surface area contributed by atoms with E-state index in [2.05, 4.69) is 20.5 Å². The average Bonchev–Trinajstić information content (AvgIpc) is 3.26. The quantitative estimate of drug-likeness (QED) is 0.388. The molecule has 2 bridgehead atoms. The monoisotopic (exact) mass is 558 g/mol. The Morgan fingerprint density at radius 2 is 1.61 bits per heavy atom. The van der Waals surface area contributed by atoms with Crippen LogP contribution in [0.1, 0.15) is 70.5 Å². The molecule has 0 aliphatic carbocycles. The van der Waals surface area contributed by atoms with Gasteiger partial charge in [-0.05, 0) is 81.5 Å². The number of piperidine rings is 1. The molecule has 0 saturated carbocycles. The molecule has 5 rings (SSSR count). The van der Waals surface area contributed by atoms with Crippen molar-refractivity contribution in [3.05, 3.63) is 77.0 Å². The van der Waals surface area contributed by atoms with Crippen molar-refractivity contribution in [2.75, 3.05) is 26.2 Å². The number of rotatable bonds is 9. The minimum absolute atomic E-state index is 0.0601. The van der Waals surface area contributed by atoms with E-state index in [-0.39, 0.29) is 23.9 Å². The highest BCUT2D eigenvalue weighted by Crippen LogP contribution is 2.39. The lowest BCUT2D eigenvalue weighted by Gasteiger charge is -2.40. The first-order chi connectivity index (χ1) is 19.8. The number of ether oxygens (including phenoxy) is 3. The molecule has 2 unspecified atom stereocenters. The van der Waals surface area contributed by atoms with Gasteiger partial charge in [-0.1, -0.05) is 12.1 Å². The van der Waals surface area contributed by atoms with Crippen molar-refractivity contribution in [3.8, 4) is 17.2 Å². The fourth-order valence-electron chi connectivity index (χ4n) is 6.17. The summed E-state index contributed by atoms with van der Waals surface area (Å²) in [4.78, 5) is 33.1. The number of methoxy groups -OCH3 is 3. The molecule has 2 N–H and O–H groups in total. The van der Waals surface area contributed by atoms with Crippen LogP contribution >= 0.6 is 0 Å². The van der Waals surface area contributed by atoms with Crippen molar-refractivity contribution in [2.24, 2.45) is 0 Å². The van der Waals surface area contributed by atoms with Crippen LogP contribution in [0.25, 0.3) is 0 Å². The van der Waals surface area contributed by atoms with Crippen LogP contribution in [0.4, 0.5) is 5.82 Å². The van der Waals surface area contributed by atoms with Crippen molar-refractivity contribution in [1.82, 2.24) is 15.6 Å². The zero-order valence-corrected chi connectivity index (χ0v) is 24.3. The van der Waals surface area contributed by atoms with E-state index in [0.29, 0.717) is 40.5 Å². The number of hydrogen-bond acceptors (Lipinski definition) is 7. The zero-order chi connectivity index (χ0) is 29.1. The SMILES string of the molecule is COc1ccc(C(C)NC(=O)c2ccc(N3[C@@H]4CC[C@H]3CC(NC(=O)c3cccc(OC)c3C)C4)nc2)cc1OC. The number of fused-ring (bicyclic) bond motifs is 2. The van der Waals surface area contributed by atoms with Gasteiger partial charge < -0.3 is 29.7 Å². The molecule has 2 aromatic carbocycles. The van der Waals surface area contributed by atoms with E-state index < -0.39 is 0 Å². The number of carbonyl (C=O) groups excluding carboxylic acids is 2. The number of nitrogens with zero attached hydrogens (tertiary/aromatic N) is 2. The Hall–Kier alpha value is -4.27. The first kappa shape index (κ1) is 28.3. The molecule has 4 atom stereocenters. The normalized spacial score (nSPS) is 20.2. The molecule has 9 heteroatoms. The van der Waals surface area contributed by atoms with Crippen LogP contribution in [0, 0.1) is 6.92 Å². The minimum atomic E-state index is -0.229. The molecule has 0 spiro atoms. The fourth-order valence-corrected chi connectivity index (χ4v) is 6.17. The van der Waals surface area contributed by atoms with E-state index in [0.717, 1.165) is 42.6 Å². The van der Waals surface area contributed by atoms with E-state index in [1.807, 2.05) is 62.4 Å². The highest BCUT2D eigenvalue weighted by molar-refractivity contribution is 5.96. The van der Waals surface area contributed by atoms with Gasteiger partial charge in [0.1, 0.15) is 11.6 Å². The molecule has 41 heavy (non-hydrogen) atoms. The van der Waals surface area contributed by atoms with Crippen molar-refractivity contribution < 1.29 is 23.8 Å². The Bertz CT molecular complexity index is 1400. The second kappa shape index (κ2) is 12.1. The third-order valence-electron chi connectivity index (χ3n) is 8.35. The topological polar surface area (TPSA) is 102 Å². The Balaban J connectivity index is 1.20. The number of pyridine rings is 1. The van der Waals surface area contributed by atoms with Crippen LogP contribution in [-0.2, 0) is 0 Å². The van der Waals surface area contributed by atoms with Crippen LogP contribution in [0.2, 0.25) is 0 Å². The molecule has 216 valence electrons. The largest absolute Gasteiger partial charge is 0.496 e. The summed E-state index contributed by atoms with van der Waals surface area (Å²) in [6.07, 6.45) is 5.48. The van der Waals surface area contributed by atoms with Crippen LogP contribution in [0.3, 0.4) is 0 Å². The summed E-state index contributed by atoms with van der Waals surface area (Å²) in [5.74, 6) is 2.59. The molecule has 1 aromatic heterocycles. The van der Waals surface area contributed by atoms with Crippen LogP contribution in [0.5, 0.6) is 17.2 Å². The number of aromatic nitrogens is 1. The highest BCUT2D eigenvalue weighted by Gasteiger charge is 2.42. The molecule has 0 radical (unpaired) electrons. The number of hydrogen-bond donors (Lipinski definition) is 2. The van der Waals surface area contributed by atoms with Gasteiger partial charge in [0.2, 0.25) is 0 Å². The summed E-state index contributed by atoms with van der Waals surface area (Å²) in [6, 6.07) is 15.4. The van der Waals surface area contributed by atoms with Gasteiger partial charge in [0.05, 0.1) is 32.9 Å². The maximum absolute atomic E-state index is 13.1. The van der Waals surface area contributed by atoms with Crippen molar-refractivity contribution >= 4 is 17.6 Å². The lowest BCUT2D eigenvalue weighted by Crippen LogP contribution is -2.50. The summed E-state index contributed by atoms with van der Waals surface area (Å²) >= 11 is 0. The van der Waals surface area contributed by atoms with Crippen LogP contribution in [-0.4, -0.2) is 56.3 Å². The summed E-state index contributed by atoms with van der Waals surface area (Å²) in [6.45, 7) is 3.84. The van der Waals surface area contributed by atoms with Gasteiger partial charge >= 0.3 is 0 Å². The highest BCUT2D eigenvalue weighted by atomic mass is 16.5. The van der Waals surface area contributed by atoms with Gasteiger partial charge in [0, 0.05) is 35.4 Å². The molecule has 2 aliphatic heterocycles. The Labute approximate surface area is 241 Å². The molecule has 9 nitrogen and oxygen atoms in total. The lowest BCUT2D eigenvalue weighted by molar-refractivity contribution is 0.0922. The molecule has 3 aromatic rings. The molecule has 3 heterocycles. The summed E-state index contributed by atoms with van der Waals surface area (Å²) in [5.41, 5.74) is 2.91. The Kier molecular flexibility index (Phi) is 8.33. The summed E-state index contributed by atoms with van der Waals surface area (Å²) < 4.78 is 16.1. The van der Waals surface area contributed by atoms with Gasteiger partial charge in [-0.15, -0.1) is 0 Å². The predicted octanol–water partition coefficient (Wildman–Crippen LogP) is 4.84. The number of nitrogens with one attached hydrogen (secondary N) is 2. The number of benzene rings is 2. The molecule has 2 fully saturated rings. The molecular weight excluding hydrogens is 520 g/mol. The molecule has 2 amide bonds. The van der Waals surface area contributed by atoms with Crippen molar-refractivity contribution in [3.63, 3.8) is 0 Å². The van der Waals surface area contributed by atoms with Crippen LogP contribution in [0.15, 0.2) is 54.7 Å². The average molecular weight is 559 g/mol. The molecular formula is C32H38N4O5. The summed E-state index contributed by atoms with van der Waals surface area (Å²) in [7, 11) is 4.80. The number of amides is 2. The zero-order valence-electron chi connectivity index (χ0n) is 24.3. The standard InChI is InChI=1S/C32H38N4O5/c1-19-26(7-6-8-27(19)39-3)32(38)35-23-16-24-11-12-25(17-23)36(24)30-14-10-22(18-33-30)31(37)34-20(2)21-9-13-28(40-4)29(15-21)41-5/h6-10,13-15,18,20,23-25H,11-12,16-17H2,1-5H3,(H,34,37)(H,35,38)/t20?,23?,24-,25+. The van der Waals surface area contributed by atoms with E-state index in [9.17, 15) is 9.59 Å². The lowest BCUT2D eigenvalue weighted by atomic mass is 9.96.